The van der Waals surface area contributed by atoms with Gasteiger partial charge in [-0.2, -0.15) is 0 Å². The molecule has 3 aliphatic heterocycles. The topological polar surface area (TPSA) is 219 Å². The summed E-state index contributed by atoms with van der Waals surface area (Å²) in [4.78, 5) is 72.3. The van der Waals surface area contributed by atoms with Crippen LogP contribution in [0.1, 0.15) is 132 Å². The molecular formula is C52H79N5O12. The van der Waals surface area contributed by atoms with Gasteiger partial charge in [0, 0.05) is 58.5 Å². The number of hydrogen-bond acceptors (Lipinski definition) is 15. The Morgan fingerprint density at radius 2 is 1.64 bits per heavy atom. The highest BCUT2D eigenvalue weighted by Crippen LogP contribution is 2.39. The summed E-state index contributed by atoms with van der Waals surface area (Å²) < 4.78 is 31.6. The molecule has 2 bridgehead atoms. The monoisotopic (exact) mass is 966 g/mol. The van der Waals surface area contributed by atoms with Crippen molar-refractivity contribution in [3.63, 3.8) is 0 Å². The first-order valence-electron chi connectivity index (χ1n) is 25.0. The molecule has 1 aromatic rings. The van der Waals surface area contributed by atoms with Gasteiger partial charge in [0.1, 0.15) is 36.5 Å². The molecule has 3 fully saturated rings. The first kappa shape index (κ1) is 55.7. The van der Waals surface area contributed by atoms with Gasteiger partial charge in [-0.25, -0.2) is 9.48 Å². The maximum Gasteiger partial charge on any atom is 0.329 e. The minimum absolute atomic E-state index is 0.0170. The molecule has 5 rings (SSSR count). The maximum atomic E-state index is 14.5. The standard InChI is InChI=1S/C52H79N5O12/c1-31-16-12-11-13-17-32(2)43(65-8)28-39-21-19-37(7)52(64,69-39)49(61)50(62)56-23-15-14-18-41(56)51(63)68-44(34(4)26-38-20-22-40(45(27-38)66-9)57-30-53-54-55-57)29-42(58)33(3)25-36(6)47(60)48(67-10)46(59)35(5)24-31/h11-13,16-17,25,30-31,33-35,37-41,43-45,47-48,60,64H,14-15,18-24,26-29H2,1-10H3/b13-11+,16-12+,32-17+,36-25+/t31-,33-,34-,35?,37-,38?,39+,40+,41+,43+,44?,45-,47-,48?,52-/m1/s1. The number of tetrazole rings is 1. The van der Waals surface area contributed by atoms with Crippen LogP contribution in [0.3, 0.4) is 0 Å². The van der Waals surface area contributed by atoms with Crippen molar-refractivity contribution >= 4 is 29.2 Å². The van der Waals surface area contributed by atoms with Gasteiger partial charge in [0.2, 0.25) is 5.79 Å². The lowest BCUT2D eigenvalue weighted by molar-refractivity contribution is -0.265. The van der Waals surface area contributed by atoms with Gasteiger partial charge in [0.05, 0.1) is 24.4 Å². The number of piperidine rings is 1. The number of aromatic nitrogens is 4. The van der Waals surface area contributed by atoms with Gasteiger partial charge in [-0.15, -0.1) is 5.10 Å². The smallest absolute Gasteiger partial charge is 0.329 e. The largest absolute Gasteiger partial charge is 0.460 e. The van der Waals surface area contributed by atoms with Crippen LogP contribution in [0, 0.1) is 35.5 Å². The summed E-state index contributed by atoms with van der Waals surface area (Å²) in [5, 5.41) is 35.2. The molecule has 69 heavy (non-hydrogen) atoms. The predicted octanol–water partition coefficient (Wildman–Crippen LogP) is 6.05. The number of Topliss-reactive ketones (excluding diaryl/α,β-unsaturated/α-hetero) is 3. The van der Waals surface area contributed by atoms with Crippen LogP contribution in [0.5, 0.6) is 0 Å². The van der Waals surface area contributed by atoms with E-state index in [0.717, 1.165) is 18.4 Å². The van der Waals surface area contributed by atoms with Gasteiger partial charge in [-0.05, 0) is 117 Å². The summed E-state index contributed by atoms with van der Waals surface area (Å²) in [7, 11) is 4.62. The zero-order chi connectivity index (χ0) is 50.6. The van der Waals surface area contributed by atoms with Crippen molar-refractivity contribution in [3.05, 3.63) is 53.9 Å². The predicted molar refractivity (Wildman–Crippen MR) is 256 cm³/mol. The highest BCUT2D eigenvalue weighted by atomic mass is 16.6. The third-order valence-electron chi connectivity index (χ3n) is 15.2. The molecule has 2 N–H and O–H groups in total. The lowest BCUT2D eigenvalue weighted by atomic mass is 9.77. The molecule has 2 saturated heterocycles. The molecule has 17 nitrogen and oxygen atoms in total. The molecule has 1 saturated carbocycles. The number of methoxy groups -OCH3 is 3. The fraction of sp³-hybridized carbons (Fsp3) is 0.731. The van der Waals surface area contributed by atoms with E-state index < -0.39 is 77.8 Å². The molecule has 0 aromatic carbocycles. The normalized spacial score (nSPS) is 38.8. The molecule has 1 amide bonds. The minimum Gasteiger partial charge on any atom is -0.460 e. The Balaban J connectivity index is 1.46. The number of ether oxygens (including phenoxy) is 5. The Kier molecular flexibility index (Phi) is 20.8. The first-order valence-corrected chi connectivity index (χ1v) is 25.0. The number of carbonyl (C=O) groups is 5. The quantitative estimate of drug-likeness (QED) is 0.181. The van der Waals surface area contributed by atoms with E-state index in [1.54, 1.807) is 52.1 Å². The number of cyclic esters (lactones) is 1. The van der Waals surface area contributed by atoms with Crippen LogP contribution in [0.2, 0.25) is 0 Å². The molecule has 15 atom stereocenters. The van der Waals surface area contributed by atoms with Gasteiger partial charge in [-0.3, -0.25) is 19.2 Å². The van der Waals surface area contributed by atoms with E-state index in [9.17, 15) is 34.2 Å². The number of esters is 1. The van der Waals surface area contributed by atoms with E-state index in [1.165, 1.54) is 12.0 Å². The highest BCUT2D eigenvalue weighted by molar-refractivity contribution is 6.39. The van der Waals surface area contributed by atoms with Crippen LogP contribution < -0.4 is 0 Å². The van der Waals surface area contributed by atoms with Gasteiger partial charge >= 0.3 is 5.97 Å². The number of hydrogen-bond donors (Lipinski definition) is 2. The fourth-order valence-electron chi connectivity index (χ4n) is 10.7. The van der Waals surface area contributed by atoms with Gasteiger partial charge in [-0.1, -0.05) is 71.1 Å². The zero-order valence-corrected chi connectivity index (χ0v) is 42.5. The van der Waals surface area contributed by atoms with E-state index in [-0.39, 0.29) is 60.9 Å². The number of ketones is 3. The number of aliphatic hydroxyl groups is 2. The highest BCUT2D eigenvalue weighted by Gasteiger charge is 2.53. The summed E-state index contributed by atoms with van der Waals surface area (Å²) in [5.41, 5.74) is 1.27. The summed E-state index contributed by atoms with van der Waals surface area (Å²) in [6, 6.07) is -1.19. The van der Waals surface area contributed by atoms with Crippen LogP contribution in [0.4, 0.5) is 0 Å². The van der Waals surface area contributed by atoms with Gasteiger partial charge < -0.3 is 38.8 Å². The molecular weight excluding hydrogens is 887 g/mol. The second-order valence-corrected chi connectivity index (χ2v) is 20.4. The Bertz CT molecular complexity index is 2020. The molecule has 17 heteroatoms. The van der Waals surface area contributed by atoms with E-state index in [4.69, 9.17) is 23.7 Å². The minimum atomic E-state index is -2.43. The molecule has 0 radical (unpaired) electrons. The molecule has 1 aromatic heterocycles. The van der Waals surface area contributed by atoms with Crippen molar-refractivity contribution in [2.75, 3.05) is 27.9 Å². The Morgan fingerprint density at radius 1 is 0.884 bits per heavy atom. The number of rotatable bonds is 7. The van der Waals surface area contributed by atoms with Crippen LogP contribution in [-0.2, 0) is 47.7 Å². The number of carbonyl (C=O) groups excluding carboxylic acids is 5. The summed E-state index contributed by atoms with van der Waals surface area (Å²) in [6.07, 6.45) is 13.9. The number of allylic oxidation sites excluding steroid dienone is 6. The molecule has 4 aliphatic rings. The summed E-state index contributed by atoms with van der Waals surface area (Å²) in [5.74, 6) is -7.92. The van der Waals surface area contributed by atoms with Crippen molar-refractivity contribution < 1.29 is 57.9 Å². The Labute approximate surface area is 408 Å². The van der Waals surface area contributed by atoms with Crippen molar-refractivity contribution in [1.29, 1.82) is 0 Å². The molecule has 4 heterocycles. The lowest BCUT2D eigenvalue weighted by Gasteiger charge is -2.42. The van der Waals surface area contributed by atoms with Crippen molar-refractivity contribution in [3.8, 4) is 0 Å². The van der Waals surface area contributed by atoms with E-state index in [1.807, 2.05) is 58.1 Å². The van der Waals surface area contributed by atoms with Crippen molar-refractivity contribution in [2.24, 2.45) is 35.5 Å². The van der Waals surface area contributed by atoms with Crippen molar-refractivity contribution in [2.45, 2.75) is 180 Å². The first-order chi connectivity index (χ1) is 32.8. The molecule has 4 unspecified atom stereocenters. The second kappa shape index (κ2) is 25.7. The molecule has 1 aliphatic carbocycles. The SMILES string of the molecule is COC1C(=O)C(C)C[C@H](C)/C=C/C=C/C=C(\C)[C@@H](OC)C[C@@H]2CC[C@@H](C)[C@@](O)(O2)C(=O)C(=O)N2CCCC[C@H]2C(=O)OC([C@H](C)CC2CC[C@H](n3cnnn3)[C@H](OC)C2)CC(=O)[C@H](C)/C=C(\C)[C@H]1O. The number of aliphatic hydroxyl groups excluding tert-OH is 1. The van der Waals surface area contributed by atoms with Gasteiger partial charge in [0.25, 0.3) is 11.7 Å². The second-order valence-electron chi connectivity index (χ2n) is 20.4. The van der Waals surface area contributed by atoms with Crippen LogP contribution in [0.15, 0.2) is 53.9 Å². The Morgan fingerprint density at radius 3 is 2.32 bits per heavy atom. The van der Waals surface area contributed by atoms with E-state index in [0.29, 0.717) is 56.9 Å². The van der Waals surface area contributed by atoms with Crippen LogP contribution in [0.25, 0.3) is 0 Å². The third-order valence-corrected chi connectivity index (χ3v) is 15.2. The number of nitrogens with zero attached hydrogens (tertiary/aromatic N) is 5. The third kappa shape index (κ3) is 14.2. The Hall–Kier alpha value is -4.26. The maximum absolute atomic E-state index is 14.5. The average molecular weight is 966 g/mol. The number of fused-ring (bicyclic) bond motifs is 3. The molecule has 0 spiro atoms. The summed E-state index contributed by atoms with van der Waals surface area (Å²) >= 11 is 0. The van der Waals surface area contributed by atoms with Gasteiger partial charge in [0.15, 0.2) is 5.78 Å². The van der Waals surface area contributed by atoms with Crippen LogP contribution >= 0.6 is 0 Å². The molecule has 384 valence electrons. The lowest BCUT2D eigenvalue weighted by Crippen LogP contribution is -2.61. The van der Waals surface area contributed by atoms with Crippen LogP contribution in [-0.4, -0.2) is 141 Å². The zero-order valence-electron chi connectivity index (χ0n) is 42.5. The fourth-order valence-corrected chi connectivity index (χ4v) is 10.7. The van der Waals surface area contributed by atoms with E-state index >= 15 is 0 Å². The summed E-state index contributed by atoms with van der Waals surface area (Å²) in [6.45, 7) is 12.8. The average Bonchev–Trinajstić information content (AvgIpc) is 3.88. The van der Waals surface area contributed by atoms with Crippen molar-refractivity contribution in [1.82, 2.24) is 25.1 Å². The number of amides is 1. The van der Waals surface area contributed by atoms with E-state index in [2.05, 4.69) is 15.5 Å².